The van der Waals surface area contributed by atoms with Crippen LogP contribution < -0.4 is 10.1 Å². The fourth-order valence-electron chi connectivity index (χ4n) is 1.77. The first-order valence-electron chi connectivity index (χ1n) is 6.64. The number of carboxylic acids is 1. The van der Waals surface area contributed by atoms with Gasteiger partial charge in [-0.25, -0.2) is 4.79 Å². The molecule has 6 heteroatoms. The third-order valence-electron chi connectivity index (χ3n) is 2.95. The van der Waals surface area contributed by atoms with Crippen molar-refractivity contribution in [2.24, 2.45) is 0 Å². The van der Waals surface area contributed by atoms with Crippen molar-refractivity contribution in [3.8, 4) is 5.75 Å². The predicted octanol–water partition coefficient (Wildman–Crippen LogP) is 2.09. The molecule has 0 aromatic heterocycles. The Morgan fingerprint density at radius 3 is 2.24 bits per heavy atom. The number of methoxy groups -OCH3 is 1. The maximum Gasteiger partial charge on any atom is 0.323 e. The van der Waals surface area contributed by atoms with Crippen molar-refractivity contribution in [3.05, 3.63) is 29.8 Å². The monoisotopic (exact) mass is 294 g/mol. The van der Waals surface area contributed by atoms with E-state index in [-0.39, 0.29) is 6.54 Å². The first-order chi connectivity index (χ1) is 9.74. The number of nitrogens with one attached hydrogen (secondary N) is 1. The highest BCUT2D eigenvalue weighted by atomic mass is 16.5. The van der Waals surface area contributed by atoms with Crippen LogP contribution >= 0.6 is 0 Å². The van der Waals surface area contributed by atoms with Crippen molar-refractivity contribution < 1.29 is 19.4 Å². The second-order valence-corrected chi connectivity index (χ2v) is 5.66. The zero-order valence-electron chi connectivity index (χ0n) is 12.8. The highest BCUT2D eigenvalue weighted by Gasteiger charge is 2.28. The van der Waals surface area contributed by atoms with Gasteiger partial charge in [-0.05, 0) is 38.5 Å². The first-order valence-corrected chi connectivity index (χ1v) is 6.64. The van der Waals surface area contributed by atoms with Gasteiger partial charge in [-0.1, -0.05) is 12.1 Å². The minimum atomic E-state index is -1.04. The van der Waals surface area contributed by atoms with Crippen LogP contribution in [0.1, 0.15) is 26.3 Å². The standard InChI is InChI=1S/C15H22N2O4/c1-15(2,3)17(10-13(18)19)14(20)16-9-11-5-7-12(21-4)8-6-11/h5-8H,9-10H2,1-4H3,(H,16,20)(H,18,19). The van der Waals surface area contributed by atoms with Crippen molar-refractivity contribution in [3.63, 3.8) is 0 Å². The normalized spacial score (nSPS) is 10.9. The average Bonchev–Trinajstić information content (AvgIpc) is 2.41. The lowest BCUT2D eigenvalue weighted by atomic mass is 10.1. The van der Waals surface area contributed by atoms with Crippen LogP contribution in [0.3, 0.4) is 0 Å². The summed E-state index contributed by atoms with van der Waals surface area (Å²) in [5.41, 5.74) is 0.343. The molecule has 116 valence electrons. The molecule has 0 aliphatic carbocycles. The molecule has 1 aromatic carbocycles. The van der Waals surface area contributed by atoms with E-state index in [1.54, 1.807) is 40.0 Å². The van der Waals surface area contributed by atoms with Gasteiger partial charge in [0.1, 0.15) is 12.3 Å². The lowest BCUT2D eigenvalue weighted by Gasteiger charge is -2.34. The van der Waals surface area contributed by atoms with Crippen molar-refractivity contribution in [2.45, 2.75) is 32.9 Å². The van der Waals surface area contributed by atoms with E-state index < -0.39 is 17.5 Å². The molecule has 0 atom stereocenters. The molecule has 0 spiro atoms. The van der Waals surface area contributed by atoms with Gasteiger partial charge in [0.15, 0.2) is 0 Å². The number of amides is 2. The summed E-state index contributed by atoms with van der Waals surface area (Å²) in [7, 11) is 1.59. The molecule has 1 rings (SSSR count). The molecular formula is C15H22N2O4. The number of hydrogen-bond acceptors (Lipinski definition) is 3. The summed E-state index contributed by atoms with van der Waals surface area (Å²) in [5.74, 6) is -0.295. The molecular weight excluding hydrogens is 272 g/mol. The Hall–Kier alpha value is -2.24. The molecule has 0 radical (unpaired) electrons. The summed E-state index contributed by atoms with van der Waals surface area (Å²) in [4.78, 5) is 24.3. The van der Waals surface area contributed by atoms with Crippen LogP contribution in [-0.4, -0.2) is 41.2 Å². The Balaban J connectivity index is 2.66. The lowest BCUT2D eigenvalue weighted by Crippen LogP contribution is -2.52. The third kappa shape index (κ3) is 5.33. The van der Waals surface area contributed by atoms with E-state index in [1.165, 1.54) is 4.90 Å². The zero-order chi connectivity index (χ0) is 16.0. The van der Waals surface area contributed by atoms with Gasteiger partial charge in [0.05, 0.1) is 7.11 Å². The SMILES string of the molecule is COc1ccc(CNC(=O)N(CC(=O)O)C(C)(C)C)cc1. The summed E-state index contributed by atoms with van der Waals surface area (Å²) in [6, 6.07) is 6.90. The first kappa shape index (κ1) is 16.8. The van der Waals surface area contributed by atoms with Gasteiger partial charge in [0, 0.05) is 12.1 Å². The van der Waals surface area contributed by atoms with Gasteiger partial charge in [-0.15, -0.1) is 0 Å². The Kier molecular flexibility index (Phi) is 5.58. The Morgan fingerprint density at radius 1 is 1.24 bits per heavy atom. The number of benzene rings is 1. The van der Waals surface area contributed by atoms with Gasteiger partial charge in [-0.2, -0.15) is 0 Å². The van der Waals surface area contributed by atoms with Crippen LogP contribution in [0.2, 0.25) is 0 Å². The van der Waals surface area contributed by atoms with Crippen molar-refractivity contribution in [2.75, 3.05) is 13.7 Å². The molecule has 2 amide bonds. The third-order valence-corrected chi connectivity index (χ3v) is 2.95. The van der Waals surface area contributed by atoms with Crippen LogP contribution in [0.25, 0.3) is 0 Å². The Labute approximate surface area is 124 Å². The van der Waals surface area contributed by atoms with Crippen molar-refractivity contribution in [1.29, 1.82) is 0 Å². The highest BCUT2D eigenvalue weighted by molar-refractivity contribution is 5.80. The number of ether oxygens (including phenoxy) is 1. The Morgan fingerprint density at radius 2 is 1.81 bits per heavy atom. The number of aliphatic carboxylic acids is 1. The van der Waals surface area contributed by atoms with Gasteiger partial charge in [-0.3, -0.25) is 4.79 Å². The largest absolute Gasteiger partial charge is 0.497 e. The van der Waals surface area contributed by atoms with Gasteiger partial charge < -0.3 is 20.1 Å². The Bertz CT molecular complexity index is 491. The maximum absolute atomic E-state index is 12.1. The molecule has 0 fully saturated rings. The van der Waals surface area contributed by atoms with Crippen LogP contribution in [-0.2, 0) is 11.3 Å². The molecule has 0 unspecified atom stereocenters. The number of carbonyl (C=O) groups excluding carboxylic acids is 1. The quantitative estimate of drug-likeness (QED) is 0.871. The van der Waals surface area contributed by atoms with E-state index in [2.05, 4.69) is 5.32 Å². The minimum absolute atomic E-state index is 0.328. The van der Waals surface area contributed by atoms with Crippen molar-refractivity contribution >= 4 is 12.0 Å². The number of carboxylic acid groups (broad SMARTS) is 1. The number of nitrogens with zero attached hydrogens (tertiary/aromatic N) is 1. The summed E-state index contributed by atoms with van der Waals surface area (Å²) >= 11 is 0. The number of rotatable bonds is 5. The zero-order valence-corrected chi connectivity index (χ0v) is 12.8. The van der Waals surface area contributed by atoms with E-state index in [0.29, 0.717) is 6.54 Å². The molecule has 0 saturated carbocycles. The number of hydrogen-bond donors (Lipinski definition) is 2. The van der Waals surface area contributed by atoms with Crippen LogP contribution in [0, 0.1) is 0 Å². The smallest absolute Gasteiger partial charge is 0.323 e. The second kappa shape index (κ2) is 6.97. The predicted molar refractivity (Wildman–Crippen MR) is 79.3 cm³/mol. The average molecular weight is 294 g/mol. The van der Waals surface area contributed by atoms with Gasteiger partial charge in [0.25, 0.3) is 0 Å². The topological polar surface area (TPSA) is 78.9 Å². The lowest BCUT2D eigenvalue weighted by molar-refractivity contribution is -0.138. The van der Waals surface area contributed by atoms with E-state index in [1.807, 2.05) is 12.1 Å². The fourth-order valence-corrected chi connectivity index (χ4v) is 1.77. The van der Waals surface area contributed by atoms with E-state index in [4.69, 9.17) is 9.84 Å². The molecule has 1 aromatic rings. The van der Waals surface area contributed by atoms with E-state index in [9.17, 15) is 9.59 Å². The van der Waals surface area contributed by atoms with E-state index in [0.717, 1.165) is 11.3 Å². The molecule has 0 aliphatic rings. The molecule has 0 aliphatic heterocycles. The van der Waals surface area contributed by atoms with Gasteiger partial charge >= 0.3 is 12.0 Å². The van der Waals surface area contributed by atoms with Crippen LogP contribution in [0.4, 0.5) is 4.79 Å². The van der Waals surface area contributed by atoms with Crippen LogP contribution in [0.5, 0.6) is 5.75 Å². The molecule has 6 nitrogen and oxygen atoms in total. The summed E-state index contributed by atoms with van der Waals surface area (Å²) in [6.07, 6.45) is 0. The summed E-state index contributed by atoms with van der Waals surface area (Å²) in [5, 5.41) is 11.6. The molecule has 0 heterocycles. The number of carbonyl (C=O) groups is 2. The van der Waals surface area contributed by atoms with Crippen LogP contribution in [0.15, 0.2) is 24.3 Å². The molecule has 2 N–H and O–H groups in total. The fraction of sp³-hybridized carbons (Fsp3) is 0.467. The minimum Gasteiger partial charge on any atom is -0.497 e. The molecule has 0 bridgehead atoms. The highest BCUT2D eigenvalue weighted by Crippen LogP contribution is 2.14. The molecule has 21 heavy (non-hydrogen) atoms. The number of urea groups is 1. The summed E-state index contributed by atoms with van der Waals surface area (Å²) < 4.78 is 5.06. The molecule has 0 saturated heterocycles. The van der Waals surface area contributed by atoms with Gasteiger partial charge in [0.2, 0.25) is 0 Å². The maximum atomic E-state index is 12.1. The van der Waals surface area contributed by atoms with E-state index >= 15 is 0 Å². The summed E-state index contributed by atoms with van der Waals surface area (Å²) in [6.45, 7) is 5.38. The van der Waals surface area contributed by atoms with Crippen molar-refractivity contribution in [1.82, 2.24) is 10.2 Å². The second-order valence-electron chi connectivity index (χ2n) is 5.66.